The summed E-state index contributed by atoms with van der Waals surface area (Å²) in [5.74, 6) is 1.28. The van der Waals surface area contributed by atoms with Crippen LogP contribution < -0.4 is 14.8 Å². The molecule has 0 saturated heterocycles. The van der Waals surface area contributed by atoms with Crippen LogP contribution in [0.2, 0.25) is 0 Å². The van der Waals surface area contributed by atoms with Crippen molar-refractivity contribution < 1.29 is 14.3 Å². The molecule has 158 valence electrons. The number of benzene rings is 3. The number of hydrogen-bond acceptors (Lipinski definition) is 3. The first-order valence-electron chi connectivity index (χ1n) is 10.2. The Morgan fingerprint density at radius 3 is 2.13 bits per heavy atom. The Kier molecular flexibility index (Phi) is 5.80. The van der Waals surface area contributed by atoms with Crippen LogP contribution in [0.4, 0.5) is 4.79 Å². The molecule has 0 unspecified atom stereocenters. The molecule has 30 heavy (non-hydrogen) atoms. The van der Waals surface area contributed by atoms with Gasteiger partial charge in [0.05, 0.1) is 7.11 Å². The van der Waals surface area contributed by atoms with E-state index in [1.54, 1.807) is 7.11 Å². The summed E-state index contributed by atoms with van der Waals surface area (Å²) in [6.45, 7) is 12.1. The standard InChI is InChI=1S/C26H31NO3/c1-25(2,3)22-16-20(30-24(28)27-26(4,5)6)15-21(23(22)29-7)19-13-12-17-10-8-9-11-18(17)14-19/h8-16H,1-7H3,(H,27,28). The predicted molar refractivity (Wildman–Crippen MR) is 124 cm³/mol. The highest BCUT2D eigenvalue weighted by Gasteiger charge is 2.25. The zero-order valence-corrected chi connectivity index (χ0v) is 18.9. The molecule has 0 aliphatic rings. The first-order valence-corrected chi connectivity index (χ1v) is 10.2. The van der Waals surface area contributed by atoms with E-state index in [4.69, 9.17) is 9.47 Å². The Labute approximate surface area is 179 Å². The minimum absolute atomic E-state index is 0.198. The normalized spacial score (nSPS) is 12.0. The molecule has 4 heteroatoms. The molecule has 0 atom stereocenters. The van der Waals surface area contributed by atoms with E-state index in [9.17, 15) is 4.79 Å². The maximum absolute atomic E-state index is 12.4. The molecule has 0 saturated carbocycles. The van der Waals surface area contributed by atoms with E-state index < -0.39 is 6.09 Å². The largest absolute Gasteiger partial charge is 0.496 e. The van der Waals surface area contributed by atoms with Crippen LogP contribution in [0, 0.1) is 0 Å². The van der Waals surface area contributed by atoms with Crippen molar-refractivity contribution >= 4 is 16.9 Å². The zero-order chi connectivity index (χ0) is 22.1. The van der Waals surface area contributed by atoms with Crippen LogP contribution in [-0.2, 0) is 5.41 Å². The summed E-state index contributed by atoms with van der Waals surface area (Å²) < 4.78 is 11.5. The van der Waals surface area contributed by atoms with E-state index in [0.29, 0.717) is 5.75 Å². The summed E-state index contributed by atoms with van der Waals surface area (Å²) >= 11 is 0. The monoisotopic (exact) mass is 405 g/mol. The van der Waals surface area contributed by atoms with Crippen LogP contribution in [0.25, 0.3) is 21.9 Å². The van der Waals surface area contributed by atoms with E-state index >= 15 is 0 Å². The maximum Gasteiger partial charge on any atom is 0.413 e. The molecule has 3 aromatic rings. The van der Waals surface area contributed by atoms with Crippen molar-refractivity contribution in [2.75, 3.05) is 7.11 Å². The van der Waals surface area contributed by atoms with E-state index in [-0.39, 0.29) is 11.0 Å². The molecule has 0 heterocycles. The Hall–Kier alpha value is -3.01. The Balaban J connectivity index is 2.15. The number of ether oxygens (including phenoxy) is 2. The molecule has 0 aromatic heterocycles. The second kappa shape index (κ2) is 8.02. The average molecular weight is 406 g/mol. The number of hydrogen-bond donors (Lipinski definition) is 1. The second-order valence-corrected chi connectivity index (χ2v) is 9.63. The van der Waals surface area contributed by atoms with Crippen LogP contribution in [0.3, 0.4) is 0 Å². The molecule has 3 aromatic carbocycles. The van der Waals surface area contributed by atoms with Gasteiger partial charge in [0.2, 0.25) is 0 Å². The van der Waals surface area contributed by atoms with E-state index in [0.717, 1.165) is 27.8 Å². The van der Waals surface area contributed by atoms with Crippen LogP contribution in [0.1, 0.15) is 47.1 Å². The summed E-state index contributed by atoms with van der Waals surface area (Å²) in [6.07, 6.45) is -0.475. The molecule has 1 N–H and O–H groups in total. The third-order valence-electron chi connectivity index (χ3n) is 4.82. The number of carbonyl (C=O) groups excluding carboxylic acids is 1. The van der Waals surface area contributed by atoms with Gasteiger partial charge in [-0.1, -0.05) is 57.2 Å². The van der Waals surface area contributed by atoms with E-state index in [2.05, 4.69) is 56.4 Å². The van der Waals surface area contributed by atoms with Gasteiger partial charge in [-0.2, -0.15) is 0 Å². The van der Waals surface area contributed by atoms with Crippen molar-refractivity contribution in [2.45, 2.75) is 52.5 Å². The SMILES string of the molecule is COc1c(-c2ccc3ccccc3c2)cc(OC(=O)NC(C)(C)C)cc1C(C)(C)C. The predicted octanol–water partition coefficient (Wildman–Crippen LogP) is 6.70. The zero-order valence-electron chi connectivity index (χ0n) is 18.9. The van der Waals surface area contributed by atoms with Gasteiger partial charge < -0.3 is 14.8 Å². The van der Waals surface area contributed by atoms with Crippen molar-refractivity contribution in [3.05, 3.63) is 60.2 Å². The summed E-state index contributed by atoms with van der Waals surface area (Å²) in [7, 11) is 1.68. The van der Waals surface area contributed by atoms with Crippen molar-refractivity contribution in [1.82, 2.24) is 5.32 Å². The van der Waals surface area contributed by atoms with E-state index in [1.807, 2.05) is 45.0 Å². The number of carbonyl (C=O) groups is 1. The highest BCUT2D eigenvalue weighted by Crippen LogP contribution is 2.43. The highest BCUT2D eigenvalue weighted by molar-refractivity contribution is 5.89. The van der Waals surface area contributed by atoms with Gasteiger partial charge in [0, 0.05) is 16.7 Å². The molecular formula is C26H31NO3. The number of methoxy groups -OCH3 is 1. The Morgan fingerprint density at radius 2 is 1.53 bits per heavy atom. The number of amides is 1. The summed E-state index contributed by atoms with van der Waals surface area (Å²) in [6, 6.07) is 18.3. The first kappa shape index (κ1) is 21.7. The molecule has 0 fully saturated rings. The van der Waals surface area contributed by atoms with Crippen LogP contribution in [-0.4, -0.2) is 18.7 Å². The molecule has 0 spiro atoms. The quantitative estimate of drug-likeness (QED) is 0.527. The van der Waals surface area contributed by atoms with Gasteiger partial charge >= 0.3 is 6.09 Å². The Morgan fingerprint density at radius 1 is 0.867 bits per heavy atom. The van der Waals surface area contributed by atoms with E-state index in [1.165, 1.54) is 5.39 Å². The molecule has 0 aliphatic heterocycles. The lowest BCUT2D eigenvalue weighted by Crippen LogP contribution is -2.42. The molecule has 3 rings (SSSR count). The molecule has 0 bridgehead atoms. The minimum atomic E-state index is -0.475. The third-order valence-corrected chi connectivity index (χ3v) is 4.82. The lowest BCUT2D eigenvalue weighted by atomic mass is 9.84. The van der Waals surface area contributed by atoms with Crippen LogP contribution in [0.15, 0.2) is 54.6 Å². The summed E-state index contributed by atoms with van der Waals surface area (Å²) in [5.41, 5.74) is 2.31. The van der Waals surface area contributed by atoms with Crippen molar-refractivity contribution in [2.24, 2.45) is 0 Å². The molecule has 4 nitrogen and oxygen atoms in total. The fourth-order valence-corrected chi connectivity index (χ4v) is 3.45. The van der Waals surface area contributed by atoms with Crippen molar-refractivity contribution in [3.8, 4) is 22.6 Å². The molecule has 1 amide bonds. The summed E-state index contributed by atoms with van der Waals surface area (Å²) in [4.78, 5) is 12.4. The Bertz CT molecular complexity index is 1070. The number of fused-ring (bicyclic) bond motifs is 1. The highest BCUT2D eigenvalue weighted by atomic mass is 16.6. The van der Waals surface area contributed by atoms with Crippen LogP contribution >= 0.6 is 0 Å². The van der Waals surface area contributed by atoms with Gasteiger partial charge in [-0.25, -0.2) is 4.79 Å². The molecule has 0 aliphatic carbocycles. The van der Waals surface area contributed by atoms with Gasteiger partial charge in [0.15, 0.2) is 0 Å². The fourth-order valence-electron chi connectivity index (χ4n) is 3.45. The fraction of sp³-hybridized carbons (Fsp3) is 0.346. The third kappa shape index (κ3) is 4.93. The van der Waals surface area contributed by atoms with Gasteiger partial charge in [-0.3, -0.25) is 0 Å². The lowest BCUT2D eigenvalue weighted by Gasteiger charge is -2.26. The van der Waals surface area contributed by atoms with Crippen LogP contribution in [0.5, 0.6) is 11.5 Å². The minimum Gasteiger partial charge on any atom is -0.496 e. The van der Waals surface area contributed by atoms with Gasteiger partial charge in [-0.15, -0.1) is 0 Å². The number of rotatable bonds is 3. The summed E-state index contributed by atoms with van der Waals surface area (Å²) in [5, 5.41) is 5.16. The first-order chi connectivity index (χ1) is 14.0. The van der Waals surface area contributed by atoms with Gasteiger partial charge in [-0.05, 0) is 60.7 Å². The van der Waals surface area contributed by atoms with Gasteiger partial charge in [0.1, 0.15) is 11.5 Å². The van der Waals surface area contributed by atoms with Crippen molar-refractivity contribution in [3.63, 3.8) is 0 Å². The average Bonchev–Trinajstić information content (AvgIpc) is 2.64. The molecule has 0 radical (unpaired) electrons. The number of nitrogens with one attached hydrogen (secondary N) is 1. The smallest absolute Gasteiger partial charge is 0.413 e. The lowest BCUT2D eigenvalue weighted by molar-refractivity contribution is 0.190. The van der Waals surface area contributed by atoms with Gasteiger partial charge in [0.25, 0.3) is 0 Å². The topological polar surface area (TPSA) is 47.6 Å². The molecular weight excluding hydrogens is 374 g/mol. The maximum atomic E-state index is 12.4. The van der Waals surface area contributed by atoms with Crippen molar-refractivity contribution in [1.29, 1.82) is 0 Å². The second-order valence-electron chi connectivity index (χ2n) is 9.63.